The largest absolute Gasteiger partial charge is 0.360 e. The number of hydrogen-bond donors (Lipinski definition) is 2. The van der Waals surface area contributed by atoms with Gasteiger partial charge in [0.1, 0.15) is 5.76 Å². The molecule has 2 heterocycles. The van der Waals surface area contributed by atoms with E-state index < -0.39 is 0 Å². The smallest absolute Gasteiger partial charge is 0.226 e. The average molecular weight is 238 g/mol. The zero-order chi connectivity index (χ0) is 12.3. The molecule has 0 unspecified atom stereocenters. The maximum absolute atomic E-state index is 11.6. The number of likely N-dealkylation sites (tertiary alicyclic amines) is 1. The van der Waals surface area contributed by atoms with Crippen LogP contribution in [0.25, 0.3) is 0 Å². The predicted octanol–water partition coefficient (Wildman–Crippen LogP) is 0.345. The third-order valence-electron chi connectivity index (χ3n) is 2.86. The Morgan fingerprint density at radius 3 is 3.18 bits per heavy atom. The number of nitrogens with zero attached hydrogens (tertiary/aromatic N) is 2. The lowest BCUT2D eigenvalue weighted by atomic mass is 10.3. The lowest BCUT2D eigenvalue weighted by molar-refractivity contribution is -0.116. The number of aryl methyl sites for hydroxylation is 1. The molecule has 1 aromatic rings. The molecule has 1 amide bonds. The number of rotatable bonds is 4. The first-order valence-corrected chi connectivity index (χ1v) is 5.84. The topological polar surface area (TPSA) is 84.4 Å². The van der Waals surface area contributed by atoms with Gasteiger partial charge in [-0.05, 0) is 19.9 Å². The molecule has 1 aliphatic rings. The zero-order valence-corrected chi connectivity index (χ0v) is 9.98. The fraction of sp³-hybridized carbons (Fsp3) is 0.636. The Kier molecular flexibility index (Phi) is 3.75. The van der Waals surface area contributed by atoms with Crippen LogP contribution in [0.4, 0.5) is 5.82 Å². The number of nitrogens with one attached hydrogen (secondary N) is 1. The minimum atomic E-state index is -0.0428. The van der Waals surface area contributed by atoms with Crippen LogP contribution in [0.1, 0.15) is 18.6 Å². The van der Waals surface area contributed by atoms with E-state index in [1.54, 1.807) is 13.0 Å². The number of carbonyl (C=O) groups is 1. The lowest BCUT2D eigenvalue weighted by Gasteiger charge is -2.13. The molecule has 1 saturated heterocycles. The lowest BCUT2D eigenvalue weighted by Crippen LogP contribution is -2.29. The molecule has 2 rings (SSSR count). The average Bonchev–Trinajstić information content (AvgIpc) is 2.85. The van der Waals surface area contributed by atoms with Crippen molar-refractivity contribution in [1.82, 2.24) is 10.1 Å². The molecule has 94 valence electrons. The van der Waals surface area contributed by atoms with Gasteiger partial charge in [0, 0.05) is 31.6 Å². The minimum Gasteiger partial charge on any atom is -0.360 e. The molecule has 1 fully saturated rings. The van der Waals surface area contributed by atoms with Gasteiger partial charge in [-0.15, -0.1) is 0 Å². The van der Waals surface area contributed by atoms with Gasteiger partial charge in [0.05, 0.1) is 0 Å². The second kappa shape index (κ2) is 5.29. The third-order valence-corrected chi connectivity index (χ3v) is 2.86. The van der Waals surface area contributed by atoms with Crippen LogP contribution >= 0.6 is 0 Å². The second-order valence-corrected chi connectivity index (χ2v) is 4.47. The van der Waals surface area contributed by atoms with Crippen molar-refractivity contribution in [2.24, 2.45) is 5.73 Å². The highest BCUT2D eigenvalue weighted by Crippen LogP contribution is 2.09. The molecule has 0 aromatic carbocycles. The minimum absolute atomic E-state index is 0.0428. The van der Waals surface area contributed by atoms with Crippen molar-refractivity contribution in [3.8, 4) is 0 Å². The van der Waals surface area contributed by atoms with Crippen LogP contribution in [-0.2, 0) is 4.79 Å². The van der Waals surface area contributed by atoms with E-state index in [0.29, 0.717) is 18.0 Å². The SMILES string of the molecule is Cc1cc(NC(=O)CCN2CC[C@@H](N)C2)no1. The molecule has 6 nitrogen and oxygen atoms in total. The Hall–Kier alpha value is -1.40. The van der Waals surface area contributed by atoms with Crippen LogP contribution in [0.3, 0.4) is 0 Å². The van der Waals surface area contributed by atoms with Gasteiger partial charge in [-0.3, -0.25) is 4.79 Å². The van der Waals surface area contributed by atoms with E-state index >= 15 is 0 Å². The van der Waals surface area contributed by atoms with Gasteiger partial charge >= 0.3 is 0 Å². The highest BCUT2D eigenvalue weighted by atomic mass is 16.5. The number of hydrogen-bond acceptors (Lipinski definition) is 5. The van der Waals surface area contributed by atoms with Crippen molar-refractivity contribution >= 4 is 11.7 Å². The van der Waals surface area contributed by atoms with Crippen molar-refractivity contribution in [3.05, 3.63) is 11.8 Å². The highest BCUT2D eigenvalue weighted by Gasteiger charge is 2.19. The monoisotopic (exact) mass is 238 g/mol. The van der Waals surface area contributed by atoms with E-state index in [9.17, 15) is 4.79 Å². The summed E-state index contributed by atoms with van der Waals surface area (Å²) in [7, 11) is 0. The van der Waals surface area contributed by atoms with E-state index in [-0.39, 0.29) is 11.9 Å². The Morgan fingerprint density at radius 2 is 2.59 bits per heavy atom. The van der Waals surface area contributed by atoms with Crippen LogP contribution < -0.4 is 11.1 Å². The van der Waals surface area contributed by atoms with Crippen LogP contribution in [0.5, 0.6) is 0 Å². The van der Waals surface area contributed by atoms with Gasteiger partial charge < -0.3 is 20.5 Å². The summed E-state index contributed by atoms with van der Waals surface area (Å²) in [5, 5.41) is 6.40. The molecule has 3 N–H and O–H groups in total. The molecular formula is C11H18N4O2. The van der Waals surface area contributed by atoms with E-state index in [1.165, 1.54) is 0 Å². The van der Waals surface area contributed by atoms with Crippen LogP contribution in [0.2, 0.25) is 0 Å². The fourth-order valence-electron chi connectivity index (χ4n) is 1.96. The Labute approximate surface area is 100 Å². The number of carbonyl (C=O) groups excluding carboxylic acids is 1. The van der Waals surface area contributed by atoms with E-state index in [4.69, 9.17) is 10.3 Å². The van der Waals surface area contributed by atoms with Crippen molar-refractivity contribution in [2.75, 3.05) is 25.0 Å². The van der Waals surface area contributed by atoms with Gasteiger partial charge in [-0.25, -0.2) is 0 Å². The van der Waals surface area contributed by atoms with Crippen molar-refractivity contribution < 1.29 is 9.32 Å². The zero-order valence-electron chi connectivity index (χ0n) is 9.98. The second-order valence-electron chi connectivity index (χ2n) is 4.47. The van der Waals surface area contributed by atoms with Gasteiger partial charge in [0.2, 0.25) is 5.91 Å². The number of aromatic nitrogens is 1. The summed E-state index contributed by atoms with van der Waals surface area (Å²) in [5.41, 5.74) is 5.79. The molecule has 17 heavy (non-hydrogen) atoms. The maximum Gasteiger partial charge on any atom is 0.226 e. The molecule has 1 aliphatic heterocycles. The molecule has 0 radical (unpaired) electrons. The Bertz CT molecular complexity index is 391. The highest BCUT2D eigenvalue weighted by molar-refractivity contribution is 5.89. The third kappa shape index (κ3) is 3.54. The number of amides is 1. The molecule has 1 atom stereocenters. The van der Waals surface area contributed by atoms with E-state index in [1.807, 2.05) is 0 Å². The first-order chi connectivity index (χ1) is 8.13. The first-order valence-electron chi connectivity index (χ1n) is 5.84. The molecular weight excluding hydrogens is 220 g/mol. The van der Waals surface area contributed by atoms with Crippen molar-refractivity contribution in [1.29, 1.82) is 0 Å². The molecule has 1 aromatic heterocycles. The maximum atomic E-state index is 11.6. The summed E-state index contributed by atoms with van der Waals surface area (Å²) < 4.78 is 4.87. The molecule has 0 saturated carbocycles. The summed E-state index contributed by atoms with van der Waals surface area (Å²) in [6.07, 6.45) is 1.47. The van der Waals surface area contributed by atoms with Crippen molar-refractivity contribution in [3.63, 3.8) is 0 Å². The van der Waals surface area contributed by atoms with E-state index in [0.717, 1.165) is 26.1 Å². The summed E-state index contributed by atoms with van der Waals surface area (Å²) in [6, 6.07) is 1.96. The van der Waals surface area contributed by atoms with Gasteiger partial charge in [-0.2, -0.15) is 0 Å². The predicted molar refractivity (Wildman–Crippen MR) is 63.5 cm³/mol. The molecule has 0 bridgehead atoms. The summed E-state index contributed by atoms with van der Waals surface area (Å²) in [4.78, 5) is 13.8. The molecule has 0 spiro atoms. The van der Waals surface area contributed by atoms with Crippen LogP contribution in [0.15, 0.2) is 10.6 Å². The standard InChI is InChI=1S/C11H18N4O2/c1-8-6-10(14-17-8)13-11(16)3-5-15-4-2-9(12)7-15/h6,9H,2-5,7,12H2,1H3,(H,13,14,16)/t9-/m1/s1. The molecule has 0 aliphatic carbocycles. The van der Waals surface area contributed by atoms with Gasteiger partial charge in [-0.1, -0.05) is 5.16 Å². The quantitative estimate of drug-likeness (QED) is 0.790. The van der Waals surface area contributed by atoms with Crippen LogP contribution in [-0.4, -0.2) is 41.6 Å². The van der Waals surface area contributed by atoms with Gasteiger partial charge in [0.25, 0.3) is 0 Å². The summed E-state index contributed by atoms with van der Waals surface area (Å²) >= 11 is 0. The summed E-state index contributed by atoms with van der Waals surface area (Å²) in [6.45, 7) is 4.40. The Morgan fingerprint density at radius 1 is 1.76 bits per heavy atom. The Balaban J connectivity index is 1.71. The molecule has 6 heteroatoms. The first kappa shape index (κ1) is 12.1. The fourth-order valence-corrected chi connectivity index (χ4v) is 1.96. The summed E-state index contributed by atoms with van der Waals surface area (Å²) in [5.74, 6) is 1.12. The van der Waals surface area contributed by atoms with Crippen LogP contribution in [0, 0.1) is 6.92 Å². The van der Waals surface area contributed by atoms with Gasteiger partial charge in [0.15, 0.2) is 5.82 Å². The van der Waals surface area contributed by atoms with E-state index in [2.05, 4.69) is 15.4 Å². The normalized spacial score (nSPS) is 20.7. The number of nitrogens with two attached hydrogens (primary N) is 1. The van der Waals surface area contributed by atoms with Crippen molar-refractivity contribution in [2.45, 2.75) is 25.8 Å². The number of anilines is 1.